The van der Waals surface area contributed by atoms with Gasteiger partial charge in [-0.2, -0.15) is 10.2 Å². The molecule has 0 bridgehead atoms. The molecule has 2 N–H and O–H groups in total. The second kappa shape index (κ2) is 9.36. The molecule has 2 aromatic carbocycles. The molecule has 2 heterocycles. The van der Waals surface area contributed by atoms with E-state index in [0.29, 0.717) is 10.9 Å². The lowest BCUT2D eigenvalue weighted by atomic mass is 10.1. The number of hydrogen-bond acceptors (Lipinski definition) is 3. The van der Waals surface area contributed by atoms with Crippen LogP contribution in [-0.4, -0.2) is 24.7 Å². The van der Waals surface area contributed by atoms with Gasteiger partial charge in [-0.3, -0.25) is 9.36 Å². The molecule has 0 amide bonds. The molecule has 0 saturated heterocycles. The maximum Gasteiger partial charge on any atom is 0.176 e. The van der Waals surface area contributed by atoms with Crippen molar-refractivity contribution in [2.75, 3.05) is 10.6 Å². The van der Waals surface area contributed by atoms with Gasteiger partial charge in [0.25, 0.3) is 0 Å². The third kappa shape index (κ3) is 5.06. The molecular weight excluding hydrogens is 416 g/mol. The van der Waals surface area contributed by atoms with Gasteiger partial charge in [0, 0.05) is 12.3 Å². The van der Waals surface area contributed by atoms with Crippen LogP contribution in [0.5, 0.6) is 0 Å². The Labute approximate surface area is 194 Å². The molecule has 4 aromatic rings. The van der Waals surface area contributed by atoms with E-state index >= 15 is 0 Å². The monoisotopic (exact) mass is 444 g/mol. The largest absolute Gasteiger partial charge is 0.329 e. The van der Waals surface area contributed by atoms with Crippen molar-refractivity contribution in [1.29, 1.82) is 0 Å². The van der Waals surface area contributed by atoms with Crippen LogP contribution in [-0.2, 0) is 13.1 Å². The molecule has 0 aliphatic rings. The summed E-state index contributed by atoms with van der Waals surface area (Å²) in [6.45, 7) is 9.68. The minimum absolute atomic E-state index is 0.493. The molecule has 0 spiro atoms. The number of rotatable bonds is 6. The van der Waals surface area contributed by atoms with Crippen molar-refractivity contribution < 1.29 is 0 Å². The van der Waals surface area contributed by atoms with E-state index in [1.807, 2.05) is 40.7 Å². The standard InChI is InChI=1S/C25H28N6S/c1-17-9-11-21(12-10-17)15-31-20(4)24(19(3)28-31)27-25(32)26-23-13-14-30(29-23)16-22-8-6-5-7-18(22)2/h5-14H,15-16H2,1-4H3,(H2,26,27,29,32). The molecule has 0 radical (unpaired) electrons. The van der Waals surface area contributed by atoms with Crippen molar-refractivity contribution >= 4 is 28.8 Å². The normalized spacial score (nSPS) is 10.9. The van der Waals surface area contributed by atoms with Crippen molar-refractivity contribution in [2.24, 2.45) is 0 Å². The van der Waals surface area contributed by atoms with Crippen molar-refractivity contribution in [3.8, 4) is 0 Å². The number of hydrogen-bond donors (Lipinski definition) is 2. The minimum Gasteiger partial charge on any atom is -0.329 e. The summed E-state index contributed by atoms with van der Waals surface area (Å²) >= 11 is 5.54. The van der Waals surface area contributed by atoms with Gasteiger partial charge >= 0.3 is 0 Å². The molecule has 0 aliphatic heterocycles. The van der Waals surface area contributed by atoms with Crippen LogP contribution in [0.3, 0.4) is 0 Å². The van der Waals surface area contributed by atoms with Crippen LogP contribution in [0.1, 0.15) is 33.6 Å². The molecule has 7 heteroatoms. The average Bonchev–Trinajstić information content (AvgIpc) is 3.30. The predicted molar refractivity (Wildman–Crippen MR) is 134 cm³/mol. The Kier molecular flexibility index (Phi) is 6.37. The van der Waals surface area contributed by atoms with Crippen molar-refractivity contribution in [1.82, 2.24) is 19.6 Å². The molecule has 164 valence electrons. The second-order valence-electron chi connectivity index (χ2n) is 8.09. The molecule has 32 heavy (non-hydrogen) atoms. The fraction of sp³-hybridized carbons (Fsp3) is 0.240. The van der Waals surface area contributed by atoms with Crippen molar-refractivity contribution in [2.45, 2.75) is 40.8 Å². The number of thiocarbonyl (C=S) groups is 1. The molecule has 0 fully saturated rings. The zero-order valence-electron chi connectivity index (χ0n) is 18.9. The molecule has 4 rings (SSSR count). The van der Waals surface area contributed by atoms with Crippen LogP contribution >= 0.6 is 12.2 Å². The van der Waals surface area contributed by atoms with E-state index in [1.165, 1.54) is 22.3 Å². The Morgan fingerprint density at radius 1 is 0.875 bits per heavy atom. The van der Waals surface area contributed by atoms with Crippen LogP contribution in [0.4, 0.5) is 11.5 Å². The van der Waals surface area contributed by atoms with Crippen molar-refractivity contribution in [3.63, 3.8) is 0 Å². The molecule has 2 aromatic heterocycles. The first-order valence-corrected chi connectivity index (χ1v) is 11.1. The first-order chi connectivity index (χ1) is 15.4. The van der Waals surface area contributed by atoms with E-state index in [0.717, 1.165) is 30.2 Å². The first kappa shape index (κ1) is 21.8. The van der Waals surface area contributed by atoms with E-state index < -0.39 is 0 Å². The first-order valence-electron chi connectivity index (χ1n) is 10.6. The zero-order chi connectivity index (χ0) is 22.7. The molecule has 0 aliphatic carbocycles. The van der Waals surface area contributed by atoms with Gasteiger partial charge in [-0.1, -0.05) is 54.1 Å². The maximum atomic E-state index is 5.54. The number of aryl methyl sites for hydroxylation is 3. The summed E-state index contributed by atoms with van der Waals surface area (Å²) in [6.07, 6.45) is 1.95. The summed E-state index contributed by atoms with van der Waals surface area (Å²) in [5, 5.41) is 16.3. The summed E-state index contributed by atoms with van der Waals surface area (Å²) in [4.78, 5) is 0. The minimum atomic E-state index is 0.493. The fourth-order valence-corrected chi connectivity index (χ4v) is 3.84. The van der Waals surface area contributed by atoms with Crippen LogP contribution in [0.25, 0.3) is 0 Å². The molecule has 6 nitrogen and oxygen atoms in total. The Morgan fingerprint density at radius 2 is 1.62 bits per heavy atom. The SMILES string of the molecule is Cc1ccc(Cn2nc(C)c(NC(=S)Nc3ccn(Cc4ccccc4C)n3)c2C)cc1. The number of nitrogens with zero attached hydrogens (tertiary/aromatic N) is 4. The molecule has 0 saturated carbocycles. The number of nitrogens with one attached hydrogen (secondary N) is 2. The van der Waals surface area contributed by atoms with Gasteiger partial charge in [0.15, 0.2) is 10.9 Å². The quantitative estimate of drug-likeness (QED) is 0.399. The number of aromatic nitrogens is 4. The third-order valence-electron chi connectivity index (χ3n) is 5.55. The zero-order valence-corrected chi connectivity index (χ0v) is 19.7. The molecular formula is C25H28N6S. The number of anilines is 2. The lowest BCUT2D eigenvalue weighted by Gasteiger charge is -2.10. The summed E-state index contributed by atoms with van der Waals surface area (Å²) < 4.78 is 3.91. The van der Waals surface area contributed by atoms with Crippen molar-refractivity contribution in [3.05, 3.63) is 94.4 Å². The topological polar surface area (TPSA) is 59.7 Å². The second-order valence-corrected chi connectivity index (χ2v) is 8.50. The van der Waals surface area contributed by atoms with Gasteiger partial charge in [0.1, 0.15) is 0 Å². The Bertz CT molecular complexity index is 1240. The van der Waals surface area contributed by atoms with Gasteiger partial charge < -0.3 is 10.6 Å². The van der Waals surface area contributed by atoms with Crippen LogP contribution in [0.15, 0.2) is 60.8 Å². The van der Waals surface area contributed by atoms with Gasteiger partial charge in [-0.15, -0.1) is 0 Å². The third-order valence-corrected chi connectivity index (χ3v) is 5.75. The summed E-state index contributed by atoms with van der Waals surface area (Å²) in [7, 11) is 0. The highest BCUT2D eigenvalue weighted by molar-refractivity contribution is 7.80. The Hall–Kier alpha value is -3.45. The van der Waals surface area contributed by atoms with Gasteiger partial charge in [-0.25, -0.2) is 0 Å². The highest BCUT2D eigenvalue weighted by Gasteiger charge is 2.14. The van der Waals surface area contributed by atoms with E-state index in [1.54, 1.807) is 0 Å². The Morgan fingerprint density at radius 3 is 2.38 bits per heavy atom. The highest BCUT2D eigenvalue weighted by atomic mass is 32.1. The van der Waals surface area contributed by atoms with Crippen LogP contribution in [0, 0.1) is 27.7 Å². The lowest BCUT2D eigenvalue weighted by Crippen LogP contribution is -2.20. The van der Waals surface area contributed by atoms with E-state index in [-0.39, 0.29) is 0 Å². The van der Waals surface area contributed by atoms with Gasteiger partial charge in [-0.05, 0) is 56.6 Å². The summed E-state index contributed by atoms with van der Waals surface area (Å²) in [6, 6.07) is 18.8. The van der Waals surface area contributed by atoms with Gasteiger partial charge in [0.2, 0.25) is 0 Å². The van der Waals surface area contributed by atoms with E-state index in [4.69, 9.17) is 17.3 Å². The molecule has 0 unspecified atom stereocenters. The maximum absolute atomic E-state index is 5.54. The van der Waals surface area contributed by atoms with Crippen LogP contribution < -0.4 is 10.6 Å². The van der Waals surface area contributed by atoms with Gasteiger partial charge in [0.05, 0.1) is 30.2 Å². The molecule has 0 atom stereocenters. The Balaban J connectivity index is 1.40. The number of benzene rings is 2. The van der Waals surface area contributed by atoms with E-state index in [2.05, 4.69) is 72.9 Å². The average molecular weight is 445 g/mol. The lowest BCUT2D eigenvalue weighted by molar-refractivity contribution is 0.659. The smallest absolute Gasteiger partial charge is 0.176 e. The highest BCUT2D eigenvalue weighted by Crippen LogP contribution is 2.21. The fourth-order valence-electron chi connectivity index (χ4n) is 3.64. The van der Waals surface area contributed by atoms with E-state index in [9.17, 15) is 0 Å². The van der Waals surface area contributed by atoms with Crippen LogP contribution in [0.2, 0.25) is 0 Å². The predicted octanol–water partition coefficient (Wildman–Crippen LogP) is 5.22. The summed E-state index contributed by atoms with van der Waals surface area (Å²) in [5.74, 6) is 0.707. The summed E-state index contributed by atoms with van der Waals surface area (Å²) in [5.41, 5.74) is 7.84.